The van der Waals surface area contributed by atoms with Gasteiger partial charge in [0.05, 0.1) is 18.6 Å². The molecule has 214 valence electrons. The van der Waals surface area contributed by atoms with E-state index in [9.17, 15) is 35.9 Å². The normalized spacial score (nSPS) is 12.0. The molecule has 3 rings (SSSR count). The van der Waals surface area contributed by atoms with Crippen molar-refractivity contribution in [2.45, 2.75) is 44.4 Å². The summed E-state index contributed by atoms with van der Waals surface area (Å²) in [5, 5.41) is 2.77. The van der Waals surface area contributed by atoms with Crippen LogP contribution in [-0.4, -0.2) is 31.2 Å². The van der Waals surface area contributed by atoms with Crippen LogP contribution < -0.4 is 14.8 Å². The predicted octanol–water partition coefficient (Wildman–Crippen LogP) is 6.43. The number of ether oxygens (including phenoxy) is 3. The van der Waals surface area contributed by atoms with Crippen molar-refractivity contribution in [1.29, 1.82) is 0 Å². The molecule has 0 atom stereocenters. The monoisotopic (exact) mass is 569 g/mol. The van der Waals surface area contributed by atoms with E-state index in [1.165, 1.54) is 24.3 Å². The Balaban J connectivity index is 2.19. The first kappa shape index (κ1) is 30.3. The van der Waals surface area contributed by atoms with Gasteiger partial charge in [0.15, 0.2) is 0 Å². The Bertz CT molecular complexity index is 1230. The van der Waals surface area contributed by atoms with Crippen LogP contribution >= 0.6 is 0 Å². The van der Waals surface area contributed by atoms with Crippen molar-refractivity contribution < 1.29 is 50.1 Å². The van der Waals surface area contributed by atoms with Crippen molar-refractivity contribution >= 4 is 11.9 Å². The maximum Gasteiger partial charge on any atom is 0.573 e. The van der Waals surface area contributed by atoms with Crippen LogP contribution in [0.2, 0.25) is 0 Å². The van der Waals surface area contributed by atoms with Crippen molar-refractivity contribution in [2.75, 3.05) is 6.61 Å². The van der Waals surface area contributed by atoms with Gasteiger partial charge in [-0.05, 0) is 47.9 Å². The van der Waals surface area contributed by atoms with E-state index >= 15 is 0 Å². The number of halogens is 6. The average Bonchev–Trinajstić information content (AvgIpc) is 2.86. The van der Waals surface area contributed by atoms with E-state index in [0.717, 1.165) is 24.3 Å². The van der Waals surface area contributed by atoms with E-state index in [2.05, 4.69) is 14.8 Å². The third kappa shape index (κ3) is 8.92. The van der Waals surface area contributed by atoms with Gasteiger partial charge in [-0.15, -0.1) is 26.3 Å². The highest BCUT2D eigenvalue weighted by molar-refractivity contribution is 5.82. The Morgan fingerprint density at radius 2 is 1.25 bits per heavy atom. The molecule has 3 aromatic carbocycles. The zero-order chi connectivity index (χ0) is 29.4. The van der Waals surface area contributed by atoms with Crippen molar-refractivity contribution in [1.82, 2.24) is 5.32 Å². The topological polar surface area (TPSA) is 73.9 Å². The smallest absolute Gasteiger partial charge is 0.466 e. The average molecular weight is 569 g/mol. The summed E-state index contributed by atoms with van der Waals surface area (Å²) in [5.74, 6) is -2.56. The summed E-state index contributed by atoms with van der Waals surface area (Å²) in [5.41, 5.74) is -0.973. The summed E-state index contributed by atoms with van der Waals surface area (Å²) in [7, 11) is 0. The van der Waals surface area contributed by atoms with Crippen LogP contribution in [0, 0.1) is 0 Å². The summed E-state index contributed by atoms with van der Waals surface area (Å²) in [6.45, 7) is 1.69. The Morgan fingerprint density at radius 3 is 1.73 bits per heavy atom. The summed E-state index contributed by atoms with van der Waals surface area (Å²) in [6, 6.07) is 18.0. The van der Waals surface area contributed by atoms with Crippen molar-refractivity contribution in [3.63, 3.8) is 0 Å². The summed E-state index contributed by atoms with van der Waals surface area (Å²) in [4.78, 5) is 25.0. The predicted molar refractivity (Wildman–Crippen MR) is 131 cm³/mol. The number of hydrogen-bond acceptors (Lipinski definition) is 5. The molecule has 0 aliphatic carbocycles. The molecular formula is C28H25F6NO5. The number of nitrogens with one attached hydrogen (secondary N) is 1. The molecule has 6 nitrogen and oxygen atoms in total. The molecule has 0 fully saturated rings. The molecule has 0 unspecified atom stereocenters. The highest BCUT2D eigenvalue weighted by Crippen LogP contribution is 2.38. The molecule has 3 aromatic rings. The maximum atomic E-state index is 13.2. The lowest BCUT2D eigenvalue weighted by atomic mass is 9.77. The number of benzene rings is 3. The van der Waals surface area contributed by atoms with Crippen LogP contribution in [-0.2, 0) is 26.3 Å². The van der Waals surface area contributed by atoms with Gasteiger partial charge in [-0.3, -0.25) is 9.59 Å². The van der Waals surface area contributed by atoms with E-state index < -0.39 is 41.6 Å². The number of esters is 1. The largest absolute Gasteiger partial charge is 0.573 e. The molecule has 0 aliphatic heterocycles. The highest BCUT2D eigenvalue weighted by Gasteiger charge is 2.39. The fraction of sp³-hybridized carbons (Fsp3) is 0.286. The van der Waals surface area contributed by atoms with E-state index in [1.807, 2.05) is 0 Å². The standard InChI is InChI=1S/C28H25F6NO5/c1-2-38-25(37)15-14-24(36)35-26(18-19-8-4-3-5-9-19,20-10-6-12-22(16-20)39-27(29,30)31)21-11-7-13-23(17-21)40-28(32,33)34/h3-13,16-17H,2,14-15,18H2,1H3,(H,35,36). The first-order valence-electron chi connectivity index (χ1n) is 12.0. The SMILES string of the molecule is CCOC(=O)CCC(=O)NC(Cc1ccccc1)(c1cccc(OC(F)(F)F)c1)c1cccc(OC(F)(F)F)c1. The molecule has 1 amide bonds. The quantitative estimate of drug-likeness (QED) is 0.213. The third-order valence-corrected chi connectivity index (χ3v) is 5.65. The Morgan fingerprint density at radius 1 is 0.725 bits per heavy atom. The second-order valence-corrected chi connectivity index (χ2v) is 8.57. The van der Waals surface area contributed by atoms with Gasteiger partial charge in [0.25, 0.3) is 0 Å². The Kier molecular flexibility index (Phi) is 9.67. The molecule has 0 aromatic heterocycles. The van der Waals surface area contributed by atoms with E-state index in [1.54, 1.807) is 37.3 Å². The van der Waals surface area contributed by atoms with Gasteiger partial charge >= 0.3 is 18.7 Å². The van der Waals surface area contributed by atoms with Crippen LogP contribution in [0.15, 0.2) is 78.9 Å². The highest BCUT2D eigenvalue weighted by atomic mass is 19.4. The van der Waals surface area contributed by atoms with Gasteiger partial charge in [0.2, 0.25) is 5.91 Å². The number of rotatable bonds is 11. The third-order valence-electron chi connectivity index (χ3n) is 5.65. The lowest BCUT2D eigenvalue weighted by Crippen LogP contribution is -2.48. The van der Waals surface area contributed by atoms with Crippen molar-refractivity contribution in [2.24, 2.45) is 0 Å². The molecule has 12 heteroatoms. The van der Waals surface area contributed by atoms with Crippen LogP contribution in [0.5, 0.6) is 11.5 Å². The van der Waals surface area contributed by atoms with Gasteiger partial charge in [0, 0.05) is 12.8 Å². The van der Waals surface area contributed by atoms with Gasteiger partial charge in [-0.1, -0.05) is 54.6 Å². The first-order chi connectivity index (χ1) is 18.8. The number of alkyl halides is 6. The van der Waals surface area contributed by atoms with Crippen LogP contribution in [0.1, 0.15) is 36.5 Å². The summed E-state index contributed by atoms with van der Waals surface area (Å²) in [6.07, 6.45) is -10.8. The molecule has 1 N–H and O–H groups in total. The maximum absolute atomic E-state index is 13.2. The van der Waals surface area contributed by atoms with Crippen LogP contribution in [0.3, 0.4) is 0 Å². The van der Waals surface area contributed by atoms with Crippen LogP contribution in [0.4, 0.5) is 26.3 Å². The van der Waals surface area contributed by atoms with Crippen LogP contribution in [0.25, 0.3) is 0 Å². The molecule has 0 spiro atoms. The lowest BCUT2D eigenvalue weighted by Gasteiger charge is -2.37. The van der Waals surface area contributed by atoms with E-state index in [4.69, 9.17) is 4.74 Å². The zero-order valence-electron chi connectivity index (χ0n) is 21.1. The summed E-state index contributed by atoms with van der Waals surface area (Å²) >= 11 is 0. The van der Waals surface area contributed by atoms with Crippen molar-refractivity contribution in [3.05, 3.63) is 95.6 Å². The van der Waals surface area contributed by atoms with Gasteiger partial charge in [-0.25, -0.2) is 0 Å². The fourth-order valence-electron chi connectivity index (χ4n) is 4.13. The van der Waals surface area contributed by atoms with Gasteiger partial charge in [0.1, 0.15) is 11.5 Å². The van der Waals surface area contributed by atoms with E-state index in [0.29, 0.717) is 5.56 Å². The molecule has 0 saturated carbocycles. The lowest BCUT2D eigenvalue weighted by molar-refractivity contribution is -0.275. The number of hydrogen-bond donors (Lipinski definition) is 1. The Hall–Kier alpha value is -4.22. The first-order valence-corrected chi connectivity index (χ1v) is 12.0. The van der Waals surface area contributed by atoms with Gasteiger partial charge < -0.3 is 19.5 Å². The molecule has 0 bridgehead atoms. The second kappa shape index (κ2) is 12.8. The number of carbonyl (C=O) groups is 2. The number of amides is 1. The molecule has 0 saturated heterocycles. The summed E-state index contributed by atoms with van der Waals surface area (Å²) < 4.78 is 91.2. The van der Waals surface area contributed by atoms with Gasteiger partial charge in [-0.2, -0.15) is 0 Å². The zero-order valence-corrected chi connectivity index (χ0v) is 21.1. The minimum Gasteiger partial charge on any atom is -0.466 e. The second-order valence-electron chi connectivity index (χ2n) is 8.57. The van der Waals surface area contributed by atoms with Crippen molar-refractivity contribution in [3.8, 4) is 11.5 Å². The number of carbonyl (C=O) groups excluding carboxylic acids is 2. The van der Waals surface area contributed by atoms with E-state index in [-0.39, 0.29) is 37.0 Å². The minimum atomic E-state index is -5.02. The Labute approximate surface area is 225 Å². The molecule has 0 radical (unpaired) electrons. The molecule has 0 heterocycles. The molecular weight excluding hydrogens is 544 g/mol. The molecule has 40 heavy (non-hydrogen) atoms. The minimum absolute atomic E-state index is 0.0757. The molecule has 0 aliphatic rings. The fourth-order valence-corrected chi connectivity index (χ4v) is 4.13.